The molecule has 0 fully saturated rings. The van der Waals surface area contributed by atoms with E-state index in [4.69, 9.17) is 4.99 Å². The number of aliphatic imine (C=N–C) groups is 1. The SMILES string of the molecule is CCCCCCCCCCCCCCCCCCC1=NCCN1C(CC)NC(=O)CCCCCCCCCCCCCCCCC. The van der Waals surface area contributed by atoms with Gasteiger partial charge in [-0.1, -0.05) is 207 Å². The third kappa shape index (κ3) is 26.0. The Morgan fingerprint density at radius 1 is 0.543 bits per heavy atom. The lowest BCUT2D eigenvalue weighted by atomic mass is 10.0. The van der Waals surface area contributed by atoms with E-state index >= 15 is 0 Å². The molecule has 1 N–H and O–H groups in total. The van der Waals surface area contributed by atoms with Crippen molar-refractivity contribution in [2.24, 2.45) is 4.99 Å². The van der Waals surface area contributed by atoms with Gasteiger partial charge < -0.3 is 10.2 Å². The van der Waals surface area contributed by atoms with Gasteiger partial charge in [-0.15, -0.1) is 0 Å². The summed E-state index contributed by atoms with van der Waals surface area (Å²) in [6.07, 6.45) is 45.7. The van der Waals surface area contributed by atoms with Crippen LogP contribution < -0.4 is 5.32 Å². The van der Waals surface area contributed by atoms with Crippen LogP contribution in [0.3, 0.4) is 0 Å². The summed E-state index contributed by atoms with van der Waals surface area (Å²) < 4.78 is 0. The molecule has 1 amide bonds. The highest BCUT2D eigenvalue weighted by Gasteiger charge is 2.24. The highest BCUT2D eigenvalue weighted by molar-refractivity contribution is 5.85. The summed E-state index contributed by atoms with van der Waals surface area (Å²) in [7, 11) is 0. The van der Waals surface area contributed by atoms with Crippen molar-refractivity contribution in [2.75, 3.05) is 13.1 Å². The maximum atomic E-state index is 12.7. The number of hydrogen-bond acceptors (Lipinski definition) is 3. The molecular weight excluding hydrogens is 562 g/mol. The average molecular weight is 646 g/mol. The lowest BCUT2D eigenvalue weighted by Crippen LogP contribution is -2.49. The third-order valence-electron chi connectivity index (χ3n) is 10.3. The lowest BCUT2D eigenvalue weighted by molar-refractivity contribution is -0.122. The zero-order chi connectivity index (χ0) is 33.2. The molecule has 1 heterocycles. The van der Waals surface area contributed by atoms with Gasteiger partial charge in [-0.25, -0.2) is 0 Å². The highest BCUT2D eigenvalue weighted by Crippen LogP contribution is 2.18. The quantitative estimate of drug-likeness (QED) is 0.0689. The largest absolute Gasteiger partial charge is 0.338 e. The first-order valence-electron chi connectivity index (χ1n) is 21.3. The number of hydrogen-bond donors (Lipinski definition) is 1. The van der Waals surface area contributed by atoms with Crippen molar-refractivity contribution < 1.29 is 4.79 Å². The monoisotopic (exact) mass is 646 g/mol. The van der Waals surface area contributed by atoms with Crippen molar-refractivity contribution in [3.63, 3.8) is 0 Å². The Morgan fingerprint density at radius 3 is 1.26 bits per heavy atom. The molecule has 0 aromatic heterocycles. The van der Waals surface area contributed by atoms with E-state index in [0.29, 0.717) is 6.42 Å². The van der Waals surface area contributed by atoms with Crippen LogP contribution >= 0.6 is 0 Å². The number of carbonyl (C=O) groups excluding carboxylic acids is 1. The molecule has 4 nitrogen and oxygen atoms in total. The van der Waals surface area contributed by atoms with Gasteiger partial charge in [0.05, 0.1) is 6.54 Å². The van der Waals surface area contributed by atoms with Crippen molar-refractivity contribution >= 4 is 11.7 Å². The molecule has 1 unspecified atom stereocenters. The molecule has 0 aromatic carbocycles. The van der Waals surface area contributed by atoms with Crippen molar-refractivity contribution in [3.8, 4) is 0 Å². The number of carbonyl (C=O) groups is 1. The predicted molar refractivity (Wildman–Crippen MR) is 205 cm³/mol. The van der Waals surface area contributed by atoms with Crippen LogP contribution in [0.1, 0.15) is 239 Å². The highest BCUT2D eigenvalue weighted by atomic mass is 16.1. The molecule has 0 aromatic rings. The van der Waals surface area contributed by atoms with Gasteiger partial charge in [0.25, 0.3) is 0 Å². The zero-order valence-electron chi connectivity index (χ0n) is 31.8. The molecule has 1 rings (SSSR count). The molecule has 0 bridgehead atoms. The van der Waals surface area contributed by atoms with Gasteiger partial charge in [-0.05, 0) is 19.3 Å². The van der Waals surface area contributed by atoms with Crippen molar-refractivity contribution in [1.29, 1.82) is 0 Å². The summed E-state index contributed by atoms with van der Waals surface area (Å²) in [6.45, 7) is 8.64. The number of amidine groups is 1. The Hall–Kier alpha value is -1.06. The van der Waals surface area contributed by atoms with Crippen LogP contribution in [0.4, 0.5) is 0 Å². The van der Waals surface area contributed by atoms with Gasteiger partial charge in [0, 0.05) is 19.4 Å². The second-order valence-corrected chi connectivity index (χ2v) is 14.7. The van der Waals surface area contributed by atoms with E-state index in [1.807, 2.05) is 0 Å². The normalized spacial score (nSPS) is 13.8. The number of nitrogens with one attached hydrogen (secondary N) is 1. The second kappa shape index (κ2) is 33.8. The molecule has 0 saturated heterocycles. The Balaban J connectivity index is 1.97. The van der Waals surface area contributed by atoms with Gasteiger partial charge in [-0.2, -0.15) is 0 Å². The number of rotatable bonds is 36. The molecular formula is C42H83N3O. The van der Waals surface area contributed by atoms with Crippen LogP contribution in [0.5, 0.6) is 0 Å². The van der Waals surface area contributed by atoms with E-state index < -0.39 is 0 Å². The number of amides is 1. The van der Waals surface area contributed by atoms with Crippen LogP contribution in [-0.4, -0.2) is 35.9 Å². The Bertz CT molecular complexity index is 678. The first kappa shape index (κ1) is 43.0. The van der Waals surface area contributed by atoms with Crippen LogP contribution in [0.2, 0.25) is 0 Å². The summed E-state index contributed by atoms with van der Waals surface area (Å²) in [5.41, 5.74) is 0. The molecule has 0 aliphatic carbocycles. The van der Waals surface area contributed by atoms with Gasteiger partial charge in [-0.3, -0.25) is 9.79 Å². The molecule has 1 atom stereocenters. The fourth-order valence-electron chi connectivity index (χ4n) is 7.21. The minimum atomic E-state index is 0.117. The molecule has 0 saturated carbocycles. The van der Waals surface area contributed by atoms with E-state index in [1.54, 1.807) is 0 Å². The molecule has 4 heteroatoms. The predicted octanol–water partition coefficient (Wildman–Crippen LogP) is 13.5. The van der Waals surface area contributed by atoms with Crippen molar-refractivity contribution in [2.45, 2.75) is 245 Å². The minimum Gasteiger partial charge on any atom is -0.338 e. The first-order chi connectivity index (χ1) is 22.7. The van der Waals surface area contributed by atoms with Gasteiger partial charge in [0.15, 0.2) is 0 Å². The van der Waals surface area contributed by atoms with Crippen LogP contribution in [0.15, 0.2) is 4.99 Å². The fourth-order valence-corrected chi connectivity index (χ4v) is 7.21. The van der Waals surface area contributed by atoms with Gasteiger partial charge in [0.2, 0.25) is 5.91 Å². The standard InChI is InChI=1S/C42H83N3O/c1-4-7-9-11-13-15-17-19-21-23-24-26-28-30-32-34-36-41-43-38-39-45(41)40(6-3)44-42(46)37-35-33-31-29-27-25-22-20-18-16-14-12-10-8-5-2/h40H,4-39H2,1-3H3,(H,44,46). The molecule has 0 spiro atoms. The Kier molecular flexibility index (Phi) is 31.6. The van der Waals surface area contributed by atoms with E-state index in [2.05, 4.69) is 31.0 Å². The average Bonchev–Trinajstić information content (AvgIpc) is 3.53. The Morgan fingerprint density at radius 2 is 0.891 bits per heavy atom. The third-order valence-corrected chi connectivity index (χ3v) is 10.3. The molecule has 1 aliphatic rings. The zero-order valence-corrected chi connectivity index (χ0v) is 31.8. The molecule has 46 heavy (non-hydrogen) atoms. The maximum absolute atomic E-state index is 12.7. The van der Waals surface area contributed by atoms with Crippen LogP contribution in [0.25, 0.3) is 0 Å². The van der Waals surface area contributed by atoms with Crippen molar-refractivity contribution in [3.05, 3.63) is 0 Å². The number of nitrogens with zero attached hydrogens (tertiary/aromatic N) is 2. The second-order valence-electron chi connectivity index (χ2n) is 14.7. The topological polar surface area (TPSA) is 44.7 Å². The van der Waals surface area contributed by atoms with Gasteiger partial charge in [0.1, 0.15) is 12.0 Å². The smallest absolute Gasteiger partial charge is 0.221 e. The minimum absolute atomic E-state index is 0.117. The van der Waals surface area contributed by atoms with E-state index in [0.717, 1.165) is 32.4 Å². The number of unbranched alkanes of at least 4 members (excludes halogenated alkanes) is 29. The van der Waals surface area contributed by atoms with E-state index in [-0.39, 0.29) is 12.1 Å². The van der Waals surface area contributed by atoms with E-state index in [1.165, 1.54) is 198 Å². The summed E-state index contributed by atoms with van der Waals surface area (Å²) in [6, 6.07) is 0. The molecule has 272 valence electrons. The van der Waals surface area contributed by atoms with Crippen molar-refractivity contribution in [1.82, 2.24) is 10.2 Å². The first-order valence-corrected chi connectivity index (χ1v) is 21.3. The summed E-state index contributed by atoms with van der Waals surface area (Å²) in [5.74, 6) is 1.47. The van der Waals surface area contributed by atoms with E-state index in [9.17, 15) is 4.79 Å². The fraction of sp³-hybridized carbons (Fsp3) is 0.952. The van der Waals surface area contributed by atoms with Crippen LogP contribution in [-0.2, 0) is 4.79 Å². The Labute approximate surface area is 289 Å². The molecule has 1 aliphatic heterocycles. The van der Waals surface area contributed by atoms with Crippen LogP contribution in [0, 0.1) is 0 Å². The molecule has 0 radical (unpaired) electrons. The summed E-state index contributed by atoms with van der Waals surface area (Å²) in [4.78, 5) is 20.0. The summed E-state index contributed by atoms with van der Waals surface area (Å²) >= 11 is 0. The lowest BCUT2D eigenvalue weighted by Gasteiger charge is -2.30. The van der Waals surface area contributed by atoms with Gasteiger partial charge >= 0.3 is 0 Å². The summed E-state index contributed by atoms with van der Waals surface area (Å²) in [5, 5.41) is 3.35. The maximum Gasteiger partial charge on any atom is 0.221 e.